The molecule has 1 aromatic rings. The zero-order valence-electron chi connectivity index (χ0n) is 22.2. The van der Waals surface area contributed by atoms with Gasteiger partial charge >= 0.3 is 5.97 Å². The molecule has 1 aromatic heterocycles. The summed E-state index contributed by atoms with van der Waals surface area (Å²) in [5.41, 5.74) is 0.581. The van der Waals surface area contributed by atoms with Gasteiger partial charge in [0.05, 0.1) is 34.7 Å². The number of esters is 1. The zero-order chi connectivity index (χ0) is 26.1. The van der Waals surface area contributed by atoms with Crippen LogP contribution in [0.3, 0.4) is 0 Å². The molecule has 35 heavy (non-hydrogen) atoms. The number of aryl methyl sites for hydroxylation is 1. The summed E-state index contributed by atoms with van der Waals surface area (Å²) in [6.45, 7) is 10.9. The van der Waals surface area contributed by atoms with Gasteiger partial charge in [-0.3, -0.25) is 14.5 Å². The van der Waals surface area contributed by atoms with Crippen LogP contribution in [-0.2, 0) is 14.3 Å². The van der Waals surface area contributed by atoms with Crippen LogP contribution in [0.25, 0.3) is 6.08 Å². The molecule has 3 rings (SSSR count). The fourth-order valence-electron chi connectivity index (χ4n) is 5.35. The number of nitrogens with zero attached hydrogens (tertiary/aromatic N) is 2. The Morgan fingerprint density at radius 1 is 1.23 bits per heavy atom. The number of ketones is 1. The number of cyclic esters (lactones) is 1. The summed E-state index contributed by atoms with van der Waals surface area (Å²) in [6.07, 6.45) is 2.72. The largest absolute Gasteiger partial charge is 0.458 e. The first-order valence-electron chi connectivity index (χ1n) is 12.7. The Balaban J connectivity index is 1.85. The molecule has 8 heteroatoms. The van der Waals surface area contributed by atoms with E-state index in [1.54, 1.807) is 32.1 Å². The van der Waals surface area contributed by atoms with E-state index in [-0.39, 0.29) is 18.1 Å². The summed E-state index contributed by atoms with van der Waals surface area (Å²) in [5.74, 6) is -1.42. The minimum Gasteiger partial charge on any atom is -0.458 e. The van der Waals surface area contributed by atoms with Crippen molar-refractivity contribution in [3.63, 3.8) is 0 Å². The van der Waals surface area contributed by atoms with Crippen LogP contribution in [0, 0.1) is 24.2 Å². The lowest BCUT2D eigenvalue weighted by atomic mass is 9.73. The van der Waals surface area contributed by atoms with Crippen LogP contribution in [0.2, 0.25) is 0 Å². The van der Waals surface area contributed by atoms with Crippen LogP contribution < -0.4 is 0 Å². The molecule has 2 fully saturated rings. The molecule has 3 heterocycles. The molecule has 2 aliphatic heterocycles. The van der Waals surface area contributed by atoms with Gasteiger partial charge in [-0.25, -0.2) is 4.98 Å². The van der Waals surface area contributed by atoms with Crippen molar-refractivity contribution >= 4 is 29.2 Å². The SMILES string of the molecule is C/C(=C\c1csc(C)n1)C1CC2C(CCC[C@H](C)[C@H](O)[C@@H](C)C(=O)C(C)(C)[C@@H](O)CC(=O)O1)N2C. The molecule has 4 unspecified atom stereocenters. The third-order valence-corrected chi connectivity index (χ3v) is 8.94. The number of aromatic nitrogens is 1. The second-order valence-corrected chi connectivity index (χ2v) is 12.2. The maximum absolute atomic E-state index is 13.2. The Bertz CT molecular complexity index is 942. The minimum atomic E-state index is -1.21. The summed E-state index contributed by atoms with van der Waals surface area (Å²) < 4.78 is 5.92. The van der Waals surface area contributed by atoms with Crippen LogP contribution in [0.1, 0.15) is 77.4 Å². The highest BCUT2D eigenvalue weighted by atomic mass is 32.1. The maximum Gasteiger partial charge on any atom is 0.309 e. The van der Waals surface area contributed by atoms with Crippen LogP contribution in [0.4, 0.5) is 0 Å². The van der Waals surface area contributed by atoms with E-state index < -0.39 is 35.6 Å². The summed E-state index contributed by atoms with van der Waals surface area (Å²) in [4.78, 5) is 33.0. The zero-order valence-corrected chi connectivity index (χ0v) is 23.0. The van der Waals surface area contributed by atoms with E-state index in [4.69, 9.17) is 4.74 Å². The van der Waals surface area contributed by atoms with E-state index in [1.165, 1.54) is 0 Å². The molecule has 2 saturated heterocycles. The smallest absolute Gasteiger partial charge is 0.309 e. The van der Waals surface area contributed by atoms with Gasteiger partial charge in [0.2, 0.25) is 0 Å². The van der Waals surface area contributed by atoms with E-state index >= 15 is 0 Å². The number of Topliss-reactive ketones (excluding diaryl/α,β-unsaturated/α-hetero) is 1. The highest BCUT2D eigenvalue weighted by molar-refractivity contribution is 7.09. The number of likely N-dealkylation sites (N-methyl/N-ethyl adjacent to an activating group) is 1. The lowest BCUT2D eigenvalue weighted by Gasteiger charge is -2.34. The number of hydrogen-bond donors (Lipinski definition) is 2. The average Bonchev–Trinajstić information content (AvgIpc) is 3.18. The number of hydrogen-bond acceptors (Lipinski definition) is 8. The standard InChI is InChI=1S/C27H42N2O5S/c1-15-9-8-10-20-21(29(20)7)12-22(16(2)11-19-14-35-18(4)28-19)34-24(31)13-23(30)27(5,6)26(33)17(3)25(15)32/h11,14-15,17,20-23,25,30,32H,8-10,12-13H2,1-7H3/b16-11+/t15-,17+,20?,21?,22?,23-,25-,29?/m0/s1. The fourth-order valence-corrected chi connectivity index (χ4v) is 5.92. The van der Waals surface area contributed by atoms with Gasteiger partial charge < -0.3 is 14.9 Å². The summed E-state index contributed by atoms with van der Waals surface area (Å²) >= 11 is 1.58. The van der Waals surface area contributed by atoms with Crippen molar-refractivity contribution in [3.8, 4) is 0 Å². The first-order chi connectivity index (χ1) is 16.3. The quantitative estimate of drug-likeness (QED) is 0.462. The molecule has 0 amide bonds. The van der Waals surface area contributed by atoms with Gasteiger partial charge in [-0.2, -0.15) is 0 Å². The van der Waals surface area contributed by atoms with Crippen molar-refractivity contribution in [1.29, 1.82) is 0 Å². The molecule has 0 saturated carbocycles. The van der Waals surface area contributed by atoms with Crippen molar-refractivity contribution in [2.45, 2.75) is 104 Å². The first-order valence-corrected chi connectivity index (χ1v) is 13.6. The minimum absolute atomic E-state index is 0.0261. The highest BCUT2D eigenvalue weighted by Crippen LogP contribution is 2.38. The van der Waals surface area contributed by atoms with Gasteiger partial charge in [0.25, 0.3) is 0 Å². The molecule has 0 aliphatic carbocycles. The van der Waals surface area contributed by atoms with Gasteiger partial charge in [-0.05, 0) is 51.3 Å². The van der Waals surface area contributed by atoms with Crippen molar-refractivity contribution in [3.05, 3.63) is 21.7 Å². The molecular weight excluding hydrogens is 464 g/mol. The molecule has 196 valence electrons. The fraction of sp³-hybridized carbons (Fsp3) is 0.741. The normalized spacial score (nSPS) is 37.5. The highest BCUT2D eigenvalue weighted by Gasteiger charge is 2.46. The average molecular weight is 507 g/mol. The van der Waals surface area contributed by atoms with Gasteiger partial charge in [0.15, 0.2) is 0 Å². The molecule has 2 N–H and O–H groups in total. The van der Waals surface area contributed by atoms with Crippen molar-refractivity contribution in [1.82, 2.24) is 9.88 Å². The first kappa shape index (κ1) is 28.0. The molecule has 0 bridgehead atoms. The molecule has 0 spiro atoms. The number of ether oxygens (including phenoxy) is 1. The Labute approximate surface area is 213 Å². The van der Waals surface area contributed by atoms with Gasteiger partial charge in [0, 0.05) is 29.8 Å². The number of thiazole rings is 1. The lowest BCUT2D eigenvalue weighted by molar-refractivity contribution is -0.154. The number of aliphatic hydroxyl groups excluding tert-OH is 2. The lowest BCUT2D eigenvalue weighted by Crippen LogP contribution is -2.45. The van der Waals surface area contributed by atoms with Gasteiger partial charge in [-0.15, -0.1) is 11.3 Å². The Hall–Kier alpha value is -1.61. The number of carbonyl (C=O) groups is 2. The predicted octanol–water partition coefficient (Wildman–Crippen LogP) is 4.00. The topological polar surface area (TPSA) is 99.7 Å². The molecular formula is C27H42N2O5S. The van der Waals surface area contributed by atoms with E-state index in [9.17, 15) is 19.8 Å². The van der Waals surface area contributed by atoms with Crippen molar-refractivity contribution in [2.75, 3.05) is 7.05 Å². The van der Waals surface area contributed by atoms with Crippen LogP contribution in [0.5, 0.6) is 0 Å². The molecule has 0 aromatic carbocycles. The Morgan fingerprint density at radius 2 is 1.91 bits per heavy atom. The molecule has 7 nitrogen and oxygen atoms in total. The van der Waals surface area contributed by atoms with Gasteiger partial charge in [0.1, 0.15) is 11.9 Å². The Morgan fingerprint density at radius 3 is 2.54 bits per heavy atom. The van der Waals surface area contributed by atoms with Crippen molar-refractivity contribution in [2.24, 2.45) is 17.3 Å². The summed E-state index contributed by atoms with van der Waals surface area (Å²) in [6, 6.07) is 0.717. The monoisotopic (exact) mass is 506 g/mol. The molecule has 8 atom stereocenters. The van der Waals surface area contributed by atoms with Crippen LogP contribution in [0.15, 0.2) is 11.0 Å². The van der Waals surface area contributed by atoms with Crippen LogP contribution in [-0.4, -0.2) is 69.3 Å². The number of fused-ring (bicyclic) bond motifs is 1. The number of carbonyl (C=O) groups excluding carboxylic acids is 2. The third kappa shape index (κ3) is 6.59. The summed E-state index contributed by atoms with van der Waals surface area (Å²) in [5, 5.41) is 24.7. The van der Waals surface area contributed by atoms with E-state index in [2.05, 4.69) is 16.9 Å². The van der Waals surface area contributed by atoms with E-state index in [0.29, 0.717) is 18.5 Å². The van der Waals surface area contributed by atoms with Crippen LogP contribution >= 0.6 is 11.3 Å². The van der Waals surface area contributed by atoms with Gasteiger partial charge in [-0.1, -0.05) is 34.1 Å². The second kappa shape index (κ2) is 11.2. The van der Waals surface area contributed by atoms with E-state index in [1.807, 2.05) is 32.2 Å². The Kier molecular flexibility index (Phi) is 8.95. The molecule has 0 radical (unpaired) electrons. The second-order valence-electron chi connectivity index (χ2n) is 11.2. The number of rotatable bonds is 2. The number of aliphatic hydroxyl groups is 2. The van der Waals surface area contributed by atoms with E-state index in [0.717, 1.165) is 35.5 Å². The third-order valence-electron chi connectivity index (χ3n) is 8.15. The van der Waals surface area contributed by atoms with Crippen molar-refractivity contribution < 1.29 is 24.5 Å². The molecule has 2 aliphatic rings. The summed E-state index contributed by atoms with van der Waals surface area (Å²) in [7, 11) is 2.09. The predicted molar refractivity (Wildman–Crippen MR) is 138 cm³/mol. The maximum atomic E-state index is 13.2.